The first kappa shape index (κ1) is 12.8. The summed E-state index contributed by atoms with van der Waals surface area (Å²) in [5, 5.41) is 4.08. The Labute approximate surface area is 107 Å². The van der Waals surface area contributed by atoms with E-state index in [0.717, 1.165) is 16.8 Å². The number of aryl methyl sites for hydroxylation is 1. The largest absolute Gasteiger partial charge is 0.373 e. The second-order valence-corrected chi connectivity index (χ2v) is 5.68. The molecule has 3 heteroatoms. The SMILES string of the molecule is CNc1nc2cc(F)c(C)cc2cc1C(C)(C)C. The van der Waals surface area contributed by atoms with E-state index in [2.05, 4.69) is 37.1 Å². The number of hydrogen-bond acceptors (Lipinski definition) is 2. The molecule has 1 aromatic heterocycles. The van der Waals surface area contributed by atoms with Crippen LogP contribution in [-0.2, 0) is 5.41 Å². The van der Waals surface area contributed by atoms with Crippen molar-refractivity contribution in [2.75, 3.05) is 12.4 Å². The molecular formula is C15H19FN2. The van der Waals surface area contributed by atoms with Crippen LogP contribution < -0.4 is 5.32 Å². The molecule has 1 heterocycles. The van der Waals surface area contributed by atoms with Gasteiger partial charge in [0.05, 0.1) is 5.52 Å². The van der Waals surface area contributed by atoms with Gasteiger partial charge < -0.3 is 5.32 Å². The third-order valence-corrected chi connectivity index (χ3v) is 3.14. The second kappa shape index (κ2) is 4.23. The molecule has 1 aromatic carbocycles. The summed E-state index contributed by atoms with van der Waals surface area (Å²) in [6.07, 6.45) is 0. The van der Waals surface area contributed by atoms with E-state index in [1.54, 1.807) is 6.92 Å². The van der Waals surface area contributed by atoms with E-state index in [-0.39, 0.29) is 11.2 Å². The van der Waals surface area contributed by atoms with E-state index in [1.807, 2.05) is 13.1 Å². The fourth-order valence-electron chi connectivity index (χ4n) is 2.07. The zero-order valence-electron chi connectivity index (χ0n) is 11.6. The molecule has 0 unspecified atom stereocenters. The van der Waals surface area contributed by atoms with Crippen LogP contribution in [0.4, 0.5) is 10.2 Å². The van der Waals surface area contributed by atoms with Crippen molar-refractivity contribution in [1.82, 2.24) is 4.98 Å². The third kappa shape index (κ3) is 2.17. The van der Waals surface area contributed by atoms with Gasteiger partial charge in [0, 0.05) is 24.1 Å². The van der Waals surface area contributed by atoms with Crippen molar-refractivity contribution in [2.24, 2.45) is 0 Å². The maximum Gasteiger partial charge on any atom is 0.130 e. The number of nitrogens with zero attached hydrogens (tertiary/aromatic N) is 1. The number of rotatable bonds is 1. The molecule has 0 bridgehead atoms. The van der Waals surface area contributed by atoms with Gasteiger partial charge >= 0.3 is 0 Å². The molecule has 0 saturated heterocycles. The van der Waals surface area contributed by atoms with E-state index in [9.17, 15) is 4.39 Å². The lowest BCUT2D eigenvalue weighted by Crippen LogP contribution is -2.15. The number of hydrogen-bond donors (Lipinski definition) is 1. The number of aromatic nitrogens is 1. The Morgan fingerprint density at radius 2 is 1.83 bits per heavy atom. The molecular weight excluding hydrogens is 227 g/mol. The van der Waals surface area contributed by atoms with Crippen molar-refractivity contribution in [1.29, 1.82) is 0 Å². The Morgan fingerprint density at radius 1 is 1.17 bits per heavy atom. The second-order valence-electron chi connectivity index (χ2n) is 5.68. The topological polar surface area (TPSA) is 24.9 Å². The Kier molecular flexibility index (Phi) is 3.01. The molecule has 0 atom stereocenters. The molecule has 0 aliphatic rings. The average molecular weight is 246 g/mol. The Balaban J connectivity index is 2.77. The quantitative estimate of drug-likeness (QED) is 0.822. The van der Waals surface area contributed by atoms with Gasteiger partial charge in [-0.25, -0.2) is 9.37 Å². The van der Waals surface area contributed by atoms with Gasteiger partial charge in [-0.15, -0.1) is 0 Å². The van der Waals surface area contributed by atoms with Crippen molar-refractivity contribution in [3.05, 3.63) is 35.1 Å². The molecule has 1 N–H and O–H groups in total. The molecule has 18 heavy (non-hydrogen) atoms. The van der Waals surface area contributed by atoms with Crippen molar-refractivity contribution >= 4 is 16.7 Å². The van der Waals surface area contributed by atoms with Crippen LogP contribution in [-0.4, -0.2) is 12.0 Å². The molecule has 2 nitrogen and oxygen atoms in total. The highest BCUT2D eigenvalue weighted by Gasteiger charge is 2.19. The first-order valence-electron chi connectivity index (χ1n) is 6.12. The zero-order chi connectivity index (χ0) is 13.5. The highest BCUT2D eigenvalue weighted by atomic mass is 19.1. The van der Waals surface area contributed by atoms with Crippen molar-refractivity contribution in [3.63, 3.8) is 0 Å². The lowest BCUT2D eigenvalue weighted by atomic mass is 9.86. The summed E-state index contributed by atoms with van der Waals surface area (Å²) in [7, 11) is 1.84. The molecule has 0 aliphatic heterocycles. The van der Waals surface area contributed by atoms with Gasteiger partial charge in [0.2, 0.25) is 0 Å². The lowest BCUT2D eigenvalue weighted by Gasteiger charge is -2.22. The van der Waals surface area contributed by atoms with Crippen LogP contribution in [0.15, 0.2) is 18.2 Å². The summed E-state index contributed by atoms with van der Waals surface area (Å²) in [4.78, 5) is 4.51. The van der Waals surface area contributed by atoms with Gasteiger partial charge in [0.25, 0.3) is 0 Å². The first-order valence-corrected chi connectivity index (χ1v) is 6.12. The van der Waals surface area contributed by atoms with Gasteiger partial charge in [-0.1, -0.05) is 20.8 Å². The summed E-state index contributed by atoms with van der Waals surface area (Å²) in [5.74, 6) is 0.610. The lowest BCUT2D eigenvalue weighted by molar-refractivity contribution is 0.590. The fourth-order valence-corrected chi connectivity index (χ4v) is 2.07. The van der Waals surface area contributed by atoms with Crippen molar-refractivity contribution in [3.8, 4) is 0 Å². The maximum absolute atomic E-state index is 13.6. The summed E-state index contributed by atoms with van der Waals surface area (Å²) in [5.41, 5.74) is 2.49. The summed E-state index contributed by atoms with van der Waals surface area (Å²) in [6.45, 7) is 8.21. The number of halogens is 1. The van der Waals surface area contributed by atoms with Crippen LogP contribution in [0.5, 0.6) is 0 Å². The molecule has 0 amide bonds. The normalized spacial score (nSPS) is 11.9. The smallest absolute Gasteiger partial charge is 0.130 e. The van der Waals surface area contributed by atoms with Gasteiger partial charge in [0.1, 0.15) is 11.6 Å². The van der Waals surface area contributed by atoms with E-state index < -0.39 is 0 Å². The van der Waals surface area contributed by atoms with E-state index >= 15 is 0 Å². The Hall–Kier alpha value is -1.64. The molecule has 2 aromatic rings. The van der Waals surface area contributed by atoms with Gasteiger partial charge in [0.15, 0.2) is 0 Å². The maximum atomic E-state index is 13.6. The van der Waals surface area contributed by atoms with E-state index in [4.69, 9.17) is 0 Å². The van der Waals surface area contributed by atoms with Crippen LogP contribution in [0.25, 0.3) is 10.9 Å². The third-order valence-electron chi connectivity index (χ3n) is 3.14. The zero-order valence-corrected chi connectivity index (χ0v) is 11.6. The number of benzene rings is 1. The van der Waals surface area contributed by atoms with Gasteiger partial charge in [-0.3, -0.25) is 0 Å². The van der Waals surface area contributed by atoms with Gasteiger partial charge in [-0.2, -0.15) is 0 Å². The van der Waals surface area contributed by atoms with Crippen LogP contribution in [0.3, 0.4) is 0 Å². The molecule has 0 fully saturated rings. The number of pyridine rings is 1. The predicted molar refractivity (Wildman–Crippen MR) is 74.7 cm³/mol. The van der Waals surface area contributed by atoms with Crippen LogP contribution in [0.2, 0.25) is 0 Å². The summed E-state index contributed by atoms with van der Waals surface area (Å²) in [6, 6.07) is 5.45. The number of nitrogens with one attached hydrogen (secondary N) is 1. The molecule has 0 spiro atoms. The number of anilines is 1. The Morgan fingerprint density at radius 3 is 2.39 bits per heavy atom. The monoisotopic (exact) mass is 246 g/mol. The summed E-state index contributed by atoms with van der Waals surface area (Å²) >= 11 is 0. The minimum atomic E-state index is -0.208. The summed E-state index contributed by atoms with van der Waals surface area (Å²) < 4.78 is 13.6. The molecule has 2 rings (SSSR count). The van der Waals surface area contributed by atoms with E-state index in [1.165, 1.54) is 6.07 Å². The highest BCUT2D eigenvalue weighted by molar-refractivity contribution is 5.83. The number of fused-ring (bicyclic) bond motifs is 1. The average Bonchev–Trinajstić information content (AvgIpc) is 2.28. The molecule has 0 radical (unpaired) electrons. The molecule has 0 aliphatic carbocycles. The van der Waals surface area contributed by atoms with Crippen LogP contribution >= 0.6 is 0 Å². The first-order chi connectivity index (χ1) is 8.32. The molecule has 96 valence electrons. The minimum Gasteiger partial charge on any atom is -0.373 e. The van der Waals surface area contributed by atoms with Crippen molar-refractivity contribution < 1.29 is 4.39 Å². The van der Waals surface area contributed by atoms with Crippen LogP contribution in [0.1, 0.15) is 31.9 Å². The van der Waals surface area contributed by atoms with Crippen LogP contribution in [0, 0.1) is 12.7 Å². The standard InChI is InChI=1S/C15H19FN2/c1-9-6-10-7-11(15(2,3)4)14(17-5)18-13(10)8-12(9)16/h6-8H,1-5H3,(H,17,18). The Bertz CT molecular complexity index is 597. The molecule has 0 saturated carbocycles. The fraction of sp³-hybridized carbons (Fsp3) is 0.400. The van der Waals surface area contributed by atoms with Gasteiger partial charge in [-0.05, 0) is 30.0 Å². The predicted octanol–water partition coefficient (Wildman–Crippen LogP) is 4.02. The minimum absolute atomic E-state index is 0.00181. The highest BCUT2D eigenvalue weighted by Crippen LogP contribution is 2.31. The van der Waals surface area contributed by atoms with E-state index in [0.29, 0.717) is 11.1 Å². The van der Waals surface area contributed by atoms with Crippen molar-refractivity contribution in [2.45, 2.75) is 33.1 Å².